The molecular weight excluding hydrogens is 258 g/mol. The van der Waals surface area contributed by atoms with Crippen LogP contribution in [0.5, 0.6) is 0 Å². The van der Waals surface area contributed by atoms with Gasteiger partial charge in [0.25, 0.3) is 0 Å². The molecular formula is C13H17N5O2. The number of aromatic nitrogens is 2. The first-order valence-electron chi connectivity index (χ1n) is 6.60. The topological polar surface area (TPSA) is 69.6 Å². The van der Waals surface area contributed by atoms with Gasteiger partial charge in [-0.05, 0) is 0 Å². The minimum absolute atomic E-state index is 0.0261. The molecule has 2 fully saturated rings. The van der Waals surface area contributed by atoms with E-state index in [-0.39, 0.29) is 23.8 Å². The average Bonchev–Trinajstić information content (AvgIpc) is 2.99. The monoisotopic (exact) mass is 275 g/mol. The van der Waals surface area contributed by atoms with Crippen LogP contribution in [0.3, 0.4) is 0 Å². The number of carbonyl (C=O) groups excluding carboxylic acids is 2. The van der Waals surface area contributed by atoms with E-state index in [2.05, 4.69) is 9.97 Å². The number of fused-ring (bicyclic) bond motifs is 1. The van der Waals surface area contributed by atoms with Crippen molar-refractivity contribution in [1.29, 1.82) is 0 Å². The molecule has 0 aliphatic carbocycles. The quantitative estimate of drug-likeness (QED) is 0.726. The van der Waals surface area contributed by atoms with Crippen LogP contribution in [-0.4, -0.2) is 65.4 Å². The summed E-state index contributed by atoms with van der Waals surface area (Å²) >= 11 is 0. The summed E-state index contributed by atoms with van der Waals surface area (Å²) in [6.45, 7) is 1.77. The number of likely N-dealkylation sites (tertiary alicyclic amines) is 1. The minimum Gasteiger partial charge on any atom is -0.331 e. The number of carbonyl (C=O) groups is 2. The van der Waals surface area contributed by atoms with Crippen molar-refractivity contribution >= 4 is 17.6 Å². The van der Waals surface area contributed by atoms with Gasteiger partial charge in [0.1, 0.15) is 6.33 Å². The highest BCUT2D eigenvalue weighted by Crippen LogP contribution is 2.34. The molecule has 0 radical (unpaired) electrons. The van der Waals surface area contributed by atoms with Crippen molar-refractivity contribution in [3.8, 4) is 0 Å². The number of hydrogen-bond donors (Lipinski definition) is 0. The first kappa shape index (κ1) is 12.8. The Kier molecular flexibility index (Phi) is 3.04. The molecule has 7 heteroatoms. The van der Waals surface area contributed by atoms with Gasteiger partial charge in [0.15, 0.2) is 0 Å². The molecule has 0 unspecified atom stereocenters. The van der Waals surface area contributed by atoms with Gasteiger partial charge in [-0.2, -0.15) is 0 Å². The molecule has 1 aromatic rings. The highest BCUT2D eigenvalue weighted by Gasteiger charge is 2.48. The van der Waals surface area contributed by atoms with Crippen molar-refractivity contribution in [2.75, 3.05) is 38.6 Å². The van der Waals surface area contributed by atoms with E-state index in [4.69, 9.17) is 0 Å². The van der Waals surface area contributed by atoms with Crippen molar-refractivity contribution < 1.29 is 9.59 Å². The Morgan fingerprint density at radius 1 is 1.25 bits per heavy atom. The zero-order chi connectivity index (χ0) is 14.3. The summed E-state index contributed by atoms with van der Waals surface area (Å²) in [4.78, 5) is 37.3. The smallest absolute Gasteiger partial charge is 0.319 e. The van der Waals surface area contributed by atoms with Gasteiger partial charge < -0.3 is 14.7 Å². The van der Waals surface area contributed by atoms with Crippen LogP contribution in [-0.2, 0) is 4.79 Å². The molecule has 7 nitrogen and oxygen atoms in total. The van der Waals surface area contributed by atoms with Crippen LogP contribution in [0, 0.1) is 11.8 Å². The van der Waals surface area contributed by atoms with E-state index >= 15 is 0 Å². The highest BCUT2D eigenvalue weighted by molar-refractivity contribution is 5.98. The molecule has 2 aliphatic heterocycles. The minimum atomic E-state index is -0.0980. The third-order valence-electron chi connectivity index (χ3n) is 3.95. The Morgan fingerprint density at radius 3 is 2.55 bits per heavy atom. The van der Waals surface area contributed by atoms with Gasteiger partial charge >= 0.3 is 6.03 Å². The van der Waals surface area contributed by atoms with Gasteiger partial charge in [0, 0.05) is 39.6 Å². The zero-order valence-electron chi connectivity index (χ0n) is 11.6. The van der Waals surface area contributed by atoms with Crippen molar-refractivity contribution in [3.05, 3.63) is 18.7 Å². The third-order valence-corrected chi connectivity index (χ3v) is 3.95. The molecule has 106 valence electrons. The second kappa shape index (κ2) is 4.73. The summed E-state index contributed by atoms with van der Waals surface area (Å²) < 4.78 is 0. The summed E-state index contributed by atoms with van der Waals surface area (Å²) in [5, 5.41) is 0. The summed E-state index contributed by atoms with van der Waals surface area (Å²) in [5.41, 5.74) is 0.734. The lowest BCUT2D eigenvalue weighted by Crippen LogP contribution is -2.40. The molecule has 2 atom stereocenters. The fourth-order valence-electron chi connectivity index (χ4n) is 2.96. The maximum Gasteiger partial charge on any atom is 0.319 e. The lowest BCUT2D eigenvalue weighted by atomic mass is 10.0. The fourth-order valence-corrected chi connectivity index (χ4v) is 2.96. The molecule has 0 N–H and O–H groups in total. The lowest BCUT2D eigenvalue weighted by Gasteiger charge is -2.24. The van der Waals surface area contributed by atoms with Crippen LogP contribution in [0.4, 0.5) is 10.5 Å². The molecule has 0 saturated carbocycles. The van der Waals surface area contributed by atoms with Crippen LogP contribution < -0.4 is 4.90 Å². The largest absolute Gasteiger partial charge is 0.331 e. The number of anilines is 1. The molecule has 2 aliphatic rings. The molecule has 0 spiro atoms. The average molecular weight is 275 g/mol. The Labute approximate surface area is 117 Å². The van der Waals surface area contributed by atoms with E-state index in [1.165, 1.54) is 6.33 Å². The fraction of sp³-hybridized carbons (Fsp3) is 0.538. The number of rotatable bonds is 1. The molecule has 1 aromatic heterocycles. The van der Waals surface area contributed by atoms with Crippen LogP contribution in [0.15, 0.2) is 18.7 Å². The Morgan fingerprint density at radius 2 is 1.95 bits per heavy atom. The Bertz CT molecular complexity index is 533. The Hall–Kier alpha value is -2.18. The van der Waals surface area contributed by atoms with E-state index in [9.17, 15) is 9.59 Å². The molecule has 0 bridgehead atoms. The van der Waals surface area contributed by atoms with E-state index in [1.54, 1.807) is 41.2 Å². The van der Waals surface area contributed by atoms with Crippen LogP contribution in [0.1, 0.15) is 0 Å². The van der Waals surface area contributed by atoms with Gasteiger partial charge in [-0.25, -0.2) is 14.8 Å². The molecule has 3 amide bonds. The van der Waals surface area contributed by atoms with Gasteiger partial charge in [0.2, 0.25) is 5.91 Å². The maximum atomic E-state index is 12.4. The van der Waals surface area contributed by atoms with E-state index in [0.717, 1.165) is 5.69 Å². The summed E-state index contributed by atoms with van der Waals surface area (Å²) in [6, 6.07) is -0.0261. The summed E-state index contributed by atoms with van der Waals surface area (Å²) in [6.07, 6.45) is 4.74. The third kappa shape index (κ3) is 1.99. The number of urea groups is 1. The number of nitrogens with zero attached hydrogens (tertiary/aromatic N) is 5. The molecule has 3 heterocycles. The zero-order valence-corrected chi connectivity index (χ0v) is 11.6. The van der Waals surface area contributed by atoms with Gasteiger partial charge in [-0.3, -0.25) is 4.79 Å². The van der Waals surface area contributed by atoms with Gasteiger partial charge in [-0.15, -0.1) is 0 Å². The van der Waals surface area contributed by atoms with Gasteiger partial charge in [-0.1, -0.05) is 0 Å². The molecule has 20 heavy (non-hydrogen) atoms. The Balaban J connectivity index is 1.73. The SMILES string of the molecule is CN(C)C(=O)N1C[C@H]2CN(c3cncnc3)C(=O)[C@H]2C1. The second-order valence-electron chi connectivity index (χ2n) is 5.49. The van der Waals surface area contributed by atoms with Crippen LogP contribution in [0.2, 0.25) is 0 Å². The van der Waals surface area contributed by atoms with E-state index in [1.807, 2.05) is 0 Å². The van der Waals surface area contributed by atoms with E-state index in [0.29, 0.717) is 19.6 Å². The molecule has 0 aromatic carbocycles. The van der Waals surface area contributed by atoms with Crippen LogP contribution in [0.25, 0.3) is 0 Å². The number of amides is 3. The molecule has 3 rings (SSSR count). The normalized spacial score (nSPS) is 25.0. The van der Waals surface area contributed by atoms with Crippen molar-refractivity contribution in [2.45, 2.75) is 0 Å². The summed E-state index contributed by atoms with van der Waals surface area (Å²) in [5.74, 6) is 0.171. The predicted octanol–water partition coefficient (Wildman–Crippen LogP) is 0.0528. The summed E-state index contributed by atoms with van der Waals surface area (Å²) in [7, 11) is 3.46. The van der Waals surface area contributed by atoms with E-state index < -0.39 is 0 Å². The molecule has 2 saturated heterocycles. The van der Waals surface area contributed by atoms with Crippen molar-refractivity contribution in [2.24, 2.45) is 11.8 Å². The van der Waals surface area contributed by atoms with Gasteiger partial charge in [0.05, 0.1) is 24.0 Å². The van der Waals surface area contributed by atoms with Crippen molar-refractivity contribution in [3.63, 3.8) is 0 Å². The first-order valence-corrected chi connectivity index (χ1v) is 6.60. The standard InChI is InChI=1S/C13H17N5O2/c1-16(2)13(20)17-5-9-6-18(12(19)11(9)7-17)10-3-14-8-15-4-10/h3-4,8-9,11H,5-7H2,1-2H3/t9-,11-/m0/s1. The number of hydrogen-bond acceptors (Lipinski definition) is 4. The first-order chi connectivity index (χ1) is 9.58. The highest BCUT2D eigenvalue weighted by atomic mass is 16.2. The predicted molar refractivity (Wildman–Crippen MR) is 72.0 cm³/mol. The lowest BCUT2D eigenvalue weighted by molar-refractivity contribution is -0.120. The maximum absolute atomic E-state index is 12.4. The second-order valence-corrected chi connectivity index (χ2v) is 5.49. The van der Waals surface area contributed by atoms with Crippen LogP contribution >= 0.6 is 0 Å². The van der Waals surface area contributed by atoms with Crippen molar-refractivity contribution in [1.82, 2.24) is 19.8 Å².